The summed E-state index contributed by atoms with van der Waals surface area (Å²) in [7, 11) is 0. The molecule has 2 aliphatic carbocycles. The molecule has 6 heteroatoms. The number of hydrogen-bond acceptors (Lipinski definition) is 4. The van der Waals surface area contributed by atoms with Gasteiger partial charge in [-0.2, -0.15) is 0 Å². The van der Waals surface area contributed by atoms with Gasteiger partial charge in [-0.05, 0) is 47.8 Å². The maximum absolute atomic E-state index is 12.9. The van der Waals surface area contributed by atoms with Gasteiger partial charge in [0.1, 0.15) is 0 Å². The fourth-order valence-corrected chi connectivity index (χ4v) is 6.19. The van der Waals surface area contributed by atoms with Gasteiger partial charge in [-0.1, -0.05) is 68.5 Å². The molecule has 0 spiro atoms. The van der Waals surface area contributed by atoms with Crippen LogP contribution in [0.1, 0.15) is 50.6 Å². The molecule has 6 nitrogen and oxygen atoms in total. The average Bonchev–Trinajstić information content (AvgIpc) is 3.67. The molecule has 3 aliphatic rings. The highest BCUT2D eigenvalue weighted by Crippen LogP contribution is 2.40. The topological polar surface area (TPSA) is 66.5 Å². The van der Waals surface area contributed by atoms with Crippen molar-refractivity contribution in [3.8, 4) is 11.1 Å². The number of nitrogens with zero attached hydrogens (tertiary/aromatic N) is 2. The number of ether oxygens (including phenoxy) is 1. The maximum atomic E-state index is 12.9. The lowest BCUT2D eigenvalue weighted by Crippen LogP contribution is -2.35. The summed E-state index contributed by atoms with van der Waals surface area (Å²) in [6.07, 6.45) is 11.3. The predicted octanol–water partition coefficient (Wildman–Crippen LogP) is 6.21. The van der Waals surface area contributed by atoms with Crippen molar-refractivity contribution in [2.24, 2.45) is 11.8 Å². The van der Waals surface area contributed by atoms with Gasteiger partial charge in [0.2, 0.25) is 0 Å². The van der Waals surface area contributed by atoms with Crippen LogP contribution in [-0.4, -0.2) is 48.3 Å². The van der Waals surface area contributed by atoms with Gasteiger partial charge in [-0.25, -0.2) is 4.79 Å². The number of pyridine rings is 1. The van der Waals surface area contributed by atoms with Gasteiger partial charge < -0.3 is 15.4 Å². The van der Waals surface area contributed by atoms with Crippen LogP contribution in [0.3, 0.4) is 0 Å². The van der Waals surface area contributed by atoms with E-state index in [4.69, 9.17) is 9.72 Å². The van der Waals surface area contributed by atoms with Crippen LogP contribution in [0.25, 0.3) is 21.9 Å². The standard InChI is InChI=1S/C31H38N4O2/c36-31(34-30-19-24(30)18-22-6-2-1-3-7-22)33-29-13-12-26(27-8-4-5-9-28(27)29)23-10-11-25(32-20-23)21-35-14-16-37-17-15-35/h4-5,8-13,20,22,24,30H,1-3,6-7,14-19,21H2,(H2,33,34,36). The molecule has 0 bridgehead atoms. The Labute approximate surface area is 219 Å². The highest BCUT2D eigenvalue weighted by molar-refractivity contribution is 6.07. The first-order valence-electron chi connectivity index (χ1n) is 14.1. The van der Waals surface area contributed by atoms with Crippen molar-refractivity contribution in [3.05, 3.63) is 60.4 Å². The Bertz CT molecular complexity index is 1220. The number of hydrogen-bond donors (Lipinski definition) is 2. The summed E-state index contributed by atoms with van der Waals surface area (Å²) in [6.45, 7) is 4.36. The molecule has 1 aliphatic heterocycles. The minimum Gasteiger partial charge on any atom is -0.379 e. The zero-order chi connectivity index (χ0) is 25.0. The third kappa shape index (κ3) is 5.97. The van der Waals surface area contributed by atoms with E-state index in [0.717, 1.165) is 78.5 Å². The van der Waals surface area contributed by atoms with E-state index in [9.17, 15) is 4.79 Å². The molecule has 37 heavy (non-hydrogen) atoms. The first-order chi connectivity index (χ1) is 18.2. The molecule has 3 fully saturated rings. The quantitative estimate of drug-likeness (QED) is 0.406. The van der Waals surface area contributed by atoms with Crippen LogP contribution in [-0.2, 0) is 11.3 Å². The number of amides is 2. The third-order valence-corrected chi connectivity index (χ3v) is 8.40. The summed E-state index contributed by atoms with van der Waals surface area (Å²) in [4.78, 5) is 20.0. The van der Waals surface area contributed by atoms with Gasteiger partial charge in [0.05, 0.1) is 24.6 Å². The number of benzene rings is 2. The van der Waals surface area contributed by atoms with Crippen molar-refractivity contribution in [2.45, 2.75) is 57.5 Å². The Kier molecular flexibility index (Phi) is 7.38. The van der Waals surface area contributed by atoms with E-state index >= 15 is 0 Å². The molecule has 0 radical (unpaired) electrons. The fourth-order valence-electron chi connectivity index (χ4n) is 6.19. The molecule has 2 saturated carbocycles. The van der Waals surface area contributed by atoms with E-state index in [0.29, 0.717) is 12.0 Å². The zero-order valence-corrected chi connectivity index (χ0v) is 21.6. The van der Waals surface area contributed by atoms with Crippen LogP contribution < -0.4 is 10.6 Å². The van der Waals surface area contributed by atoms with Crippen LogP contribution in [0.15, 0.2) is 54.7 Å². The second kappa shape index (κ2) is 11.2. The SMILES string of the molecule is O=C(Nc1ccc(-c2ccc(CN3CCOCC3)nc2)c2ccccc12)NC1CC1CC1CCCCC1. The fraction of sp³-hybridized carbons (Fsp3) is 0.484. The molecule has 3 aromatic rings. The van der Waals surface area contributed by atoms with Crippen molar-refractivity contribution in [2.75, 3.05) is 31.6 Å². The number of rotatable bonds is 7. The van der Waals surface area contributed by atoms with E-state index in [1.807, 2.05) is 18.3 Å². The Hall–Kier alpha value is -2.96. The summed E-state index contributed by atoms with van der Waals surface area (Å²) >= 11 is 0. The zero-order valence-electron chi connectivity index (χ0n) is 21.6. The normalized spacial score (nSPS) is 22.6. The Morgan fingerprint density at radius 1 is 0.973 bits per heavy atom. The van der Waals surface area contributed by atoms with Gasteiger partial charge in [0.15, 0.2) is 0 Å². The highest BCUT2D eigenvalue weighted by atomic mass is 16.5. The van der Waals surface area contributed by atoms with Crippen LogP contribution in [0.2, 0.25) is 0 Å². The molecule has 6 rings (SSSR count). The minimum absolute atomic E-state index is 0.0943. The molecule has 1 saturated heterocycles. The van der Waals surface area contributed by atoms with Crippen molar-refractivity contribution < 1.29 is 9.53 Å². The Morgan fingerprint density at radius 3 is 2.57 bits per heavy atom. The molecular weight excluding hydrogens is 460 g/mol. The van der Waals surface area contributed by atoms with Gasteiger partial charge in [-0.15, -0.1) is 0 Å². The predicted molar refractivity (Wildman–Crippen MR) is 149 cm³/mol. The van der Waals surface area contributed by atoms with Crippen LogP contribution in [0.4, 0.5) is 10.5 Å². The van der Waals surface area contributed by atoms with Gasteiger partial charge in [-0.3, -0.25) is 9.88 Å². The van der Waals surface area contributed by atoms with E-state index in [-0.39, 0.29) is 6.03 Å². The number of aromatic nitrogens is 1. The number of anilines is 1. The smallest absolute Gasteiger partial charge is 0.319 e. The van der Waals surface area contributed by atoms with Gasteiger partial charge in [0, 0.05) is 42.8 Å². The molecule has 2 aromatic carbocycles. The number of urea groups is 1. The lowest BCUT2D eigenvalue weighted by atomic mass is 9.85. The van der Waals surface area contributed by atoms with Crippen molar-refractivity contribution in [1.29, 1.82) is 0 Å². The van der Waals surface area contributed by atoms with Gasteiger partial charge >= 0.3 is 6.03 Å². The Balaban J connectivity index is 1.11. The van der Waals surface area contributed by atoms with E-state index in [2.05, 4.69) is 51.9 Å². The van der Waals surface area contributed by atoms with Crippen LogP contribution in [0, 0.1) is 11.8 Å². The monoisotopic (exact) mass is 498 g/mol. The number of morpholine rings is 1. The maximum Gasteiger partial charge on any atom is 0.319 e. The van der Waals surface area contributed by atoms with E-state index in [1.165, 1.54) is 38.5 Å². The third-order valence-electron chi connectivity index (χ3n) is 8.40. The molecule has 1 aromatic heterocycles. The molecule has 194 valence electrons. The second-order valence-corrected chi connectivity index (χ2v) is 11.1. The first-order valence-corrected chi connectivity index (χ1v) is 14.1. The molecule has 2 N–H and O–H groups in total. The summed E-state index contributed by atoms with van der Waals surface area (Å²) in [5, 5.41) is 8.51. The highest BCUT2D eigenvalue weighted by Gasteiger charge is 2.39. The molecule has 2 heterocycles. The lowest BCUT2D eigenvalue weighted by molar-refractivity contribution is 0.0336. The van der Waals surface area contributed by atoms with Crippen LogP contribution >= 0.6 is 0 Å². The van der Waals surface area contributed by atoms with Crippen molar-refractivity contribution >= 4 is 22.5 Å². The summed E-state index contributed by atoms with van der Waals surface area (Å²) < 4.78 is 5.45. The Morgan fingerprint density at radius 2 is 1.78 bits per heavy atom. The largest absolute Gasteiger partial charge is 0.379 e. The molecule has 2 atom stereocenters. The number of fused-ring (bicyclic) bond motifs is 1. The van der Waals surface area contributed by atoms with E-state index < -0.39 is 0 Å². The van der Waals surface area contributed by atoms with Crippen molar-refractivity contribution in [3.63, 3.8) is 0 Å². The number of carbonyl (C=O) groups excluding carboxylic acids is 1. The van der Waals surface area contributed by atoms with Gasteiger partial charge in [0.25, 0.3) is 0 Å². The minimum atomic E-state index is -0.0943. The molecule has 2 unspecified atom stereocenters. The number of carbonyl (C=O) groups is 1. The first kappa shape index (κ1) is 24.4. The van der Waals surface area contributed by atoms with Crippen LogP contribution in [0.5, 0.6) is 0 Å². The molecular formula is C31H38N4O2. The lowest BCUT2D eigenvalue weighted by Gasteiger charge is -2.26. The summed E-state index contributed by atoms with van der Waals surface area (Å²) in [6, 6.07) is 16.9. The summed E-state index contributed by atoms with van der Waals surface area (Å²) in [5.74, 6) is 1.53. The summed E-state index contributed by atoms with van der Waals surface area (Å²) in [5.41, 5.74) is 4.13. The molecule has 2 amide bonds. The second-order valence-electron chi connectivity index (χ2n) is 11.1. The van der Waals surface area contributed by atoms with Crippen molar-refractivity contribution in [1.82, 2.24) is 15.2 Å². The number of nitrogens with one attached hydrogen (secondary N) is 2. The van der Waals surface area contributed by atoms with E-state index in [1.54, 1.807) is 0 Å². The average molecular weight is 499 g/mol.